The van der Waals surface area contributed by atoms with Gasteiger partial charge in [0.15, 0.2) is 17.1 Å². The molecule has 1 unspecified atom stereocenters. The van der Waals surface area contributed by atoms with E-state index < -0.39 is 12.1 Å². The molecule has 0 amide bonds. The Kier molecular flexibility index (Phi) is 5.25. The maximum atomic E-state index is 10.8. The number of nitrogens with zero attached hydrogens (tertiary/aromatic N) is 2. The molecule has 0 aliphatic carbocycles. The van der Waals surface area contributed by atoms with Crippen LogP contribution in [0, 0.1) is 0 Å². The van der Waals surface area contributed by atoms with Crippen LogP contribution in [0.3, 0.4) is 0 Å². The van der Waals surface area contributed by atoms with Crippen LogP contribution < -0.4 is 5.73 Å². The largest absolute Gasteiger partial charge is 0.478 e. The molecule has 1 aromatic rings. The first kappa shape index (κ1) is 14.1. The fourth-order valence-electron chi connectivity index (χ4n) is 1.14. The highest BCUT2D eigenvalue weighted by atomic mass is 32.1. The predicted molar refractivity (Wildman–Crippen MR) is 66.5 cm³/mol. The highest BCUT2D eigenvalue weighted by Crippen LogP contribution is 2.12. The Morgan fingerprint density at radius 2 is 2.50 bits per heavy atom. The molecule has 0 radical (unpaired) electrons. The monoisotopic (exact) mass is 271 g/mol. The summed E-state index contributed by atoms with van der Waals surface area (Å²) in [5, 5.41) is 14.2. The van der Waals surface area contributed by atoms with Crippen LogP contribution in [0.4, 0.5) is 5.13 Å². The number of carbonyl (C=O) groups excluding carboxylic acids is 1. The normalized spacial score (nSPS) is 13.1. The zero-order valence-corrected chi connectivity index (χ0v) is 10.5. The van der Waals surface area contributed by atoms with Gasteiger partial charge in [-0.05, 0) is 6.42 Å². The van der Waals surface area contributed by atoms with E-state index in [4.69, 9.17) is 15.7 Å². The molecule has 0 fully saturated rings. The van der Waals surface area contributed by atoms with Crippen LogP contribution in [0.5, 0.6) is 0 Å². The first-order valence-corrected chi connectivity index (χ1v) is 6.09. The number of nitrogens with two attached hydrogens (primary N) is 1. The molecule has 18 heavy (non-hydrogen) atoms. The second-order valence-corrected chi connectivity index (χ2v) is 4.28. The third-order valence-corrected chi connectivity index (χ3v) is 2.67. The first-order valence-electron chi connectivity index (χ1n) is 5.21. The van der Waals surface area contributed by atoms with Gasteiger partial charge in [0, 0.05) is 5.38 Å². The fourth-order valence-corrected chi connectivity index (χ4v) is 1.69. The van der Waals surface area contributed by atoms with E-state index in [1.807, 2.05) is 6.92 Å². The predicted octanol–water partition coefficient (Wildman–Crippen LogP) is 0.898. The zero-order valence-electron chi connectivity index (χ0n) is 9.70. The molecule has 1 aromatic heterocycles. The summed E-state index contributed by atoms with van der Waals surface area (Å²) in [6, 6.07) is 0. The third-order valence-electron chi connectivity index (χ3n) is 2.00. The minimum absolute atomic E-state index is 0.0784. The van der Waals surface area contributed by atoms with Gasteiger partial charge in [-0.15, -0.1) is 11.3 Å². The molecule has 0 saturated carbocycles. The molecule has 3 N–H and O–H groups in total. The number of oxime groups is 1. The third kappa shape index (κ3) is 3.81. The van der Waals surface area contributed by atoms with Gasteiger partial charge in [0.2, 0.25) is 6.10 Å². The van der Waals surface area contributed by atoms with Gasteiger partial charge in [-0.3, -0.25) is 4.79 Å². The minimum Gasteiger partial charge on any atom is -0.478 e. The molecule has 0 aliphatic rings. The van der Waals surface area contributed by atoms with E-state index in [0.29, 0.717) is 24.3 Å². The summed E-state index contributed by atoms with van der Waals surface area (Å²) in [5.41, 5.74) is 5.62. The number of carboxylic acid groups (broad SMARTS) is 1. The Balaban J connectivity index is 2.79. The van der Waals surface area contributed by atoms with E-state index >= 15 is 0 Å². The second kappa shape index (κ2) is 6.70. The molecule has 1 heterocycles. The molecule has 98 valence electrons. The standard InChI is InChI=1S/C10H13N3O4S/c1-2-3-8(9(15)16)17-13-6(4-14)7-5-18-10(11)12-7/h4-5,8H,2-3H2,1H3,(H2,11,12)(H,15,16)/b13-6+. The van der Waals surface area contributed by atoms with E-state index in [0.717, 1.165) is 11.3 Å². The molecule has 1 rings (SSSR count). The van der Waals surface area contributed by atoms with Crippen LogP contribution in [0.2, 0.25) is 0 Å². The lowest BCUT2D eigenvalue weighted by Gasteiger charge is -2.08. The molecule has 0 spiro atoms. The van der Waals surface area contributed by atoms with Gasteiger partial charge in [0.25, 0.3) is 0 Å². The van der Waals surface area contributed by atoms with E-state index in [9.17, 15) is 9.59 Å². The average molecular weight is 271 g/mol. The number of hydrogen-bond donors (Lipinski definition) is 2. The average Bonchev–Trinajstić information content (AvgIpc) is 2.75. The Labute approximate surface area is 107 Å². The lowest BCUT2D eigenvalue weighted by Crippen LogP contribution is -2.22. The highest BCUT2D eigenvalue weighted by molar-refractivity contribution is 7.13. The van der Waals surface area contributed by atoms with Crippen molar-refractivity contribution < 1.29 is 19.5 Å². The number of aromatic nitrogens is 1. The number of carboxylic acids is 1. The molecule has 0 bridgehead atoms. The van der Waals surface area contributed by atoms with Crippen LogP contribution in [-0.4, -0.2) is 34.2 Å². The first-order chi connectivity index (χ1) is 8.58. The number of hydrogen-bond acceptors (Lipinski definition) is 7. The van der Waals surface area contributed by atoms with Gasteiger partial charge in [-0.1, -0.05) is 18.5 Å². The summed E-state index contributed by atoms with van der Waals surface area (Å²) in [4.78, 5) is 30.3. The van der Waals surface area contributed by atoms with Crippen molar-refractivity contribution in [3.63, 3.8) is 0 Å². The summed E-state index contributed by atoms with van der Waals surface area (Å²) in [6.07, 6.45) is 0.316. The highest BCUT2D eigenvalue weighted by Gasteiger charge is 2.18. The molecular formula is C10H13N3O4S. The van der Waals surface area contributed by atoms with Gasteiger partial charge < -0.3 is 15.7 Å². The van der Waals surface area contributed by atoms with Gasteiger partial charge in [0.05, 0.1) is 0 Å². The van der Waals surface area contributed by atoms with Crippen LogP contribution in [0.1, 0.15) is 25.5 Å². The topological polar surface area (TPSA) is 115 Å². The Morgan fingerprint density at radius 1 is 1.78 bits per heavy atom. The lowest BCUT2D eigenvalue weighted by atomic mass is 10.2. The van der Waals surface area contributed by atoms with Crippen LogP contribution in [-0.2, 0) is 14.4 Å². The van der Waals surface area contributed by atoms with E-state index in [1.165, 1.54) is 0 Å². The Bertz CT molecular complexity index is 458. The van der Waals surface area contributed by atoms with Gasteiger partial charge in [-0.25, -0.2) is 9.78 Å². The Hall–Kier alpha value is -1.96. The van der Waals surface area contributed by atoms with Crippen molar-refractivity contribution in [2.75, 3.05) is 5.73 Å². The van der Waals surface area contributed by atoms with Crippen molar-refractivity contribution in [2.24, 2.45) is 5.16 Å². The van der Waals surface area contributed by atoms with Crippen molar-refractivity contribution >= 4 is 34.4 Å². The van der Waals surface area contributed by atoms with Gasteiger partial charge >= 0.3 is 5.97 Å². The number of thiazole rings is 1. The van der Waals surface area contributed by atoms with Crippen LogP contribution in [0.15, 0.2) is 10.5 Å². The second-order valence-electron chi connectivity index (χ2n) is 3.39. The summed E-state index contributed by atoms with van der Waals surface area (Å²) in [6.45, 7) is 1.82. The van der Waals surface area contributed by atoms with E-state index in [1.54, 1.807) is 5.38 Å². The van der Waals surface area contributed by atoms with Gasteiger partial charge in [-0.2, -0.15) is 0 Å². The molecule has 0 aliphatic heterocycles. The van der Waals surface area contributed by atoms with Crippen molar-refractivity contribution in [2.45, 2.75) is 25.9 Å². The zero-order chi connectivity index (χ0) is 13.5. The summed E-state index contributed by atoms with van der Waals surface area (Å²) in [7, 11) is 0. The number of aldehydes is 1. The van der Waals surface area contributed by atoms with Crippen molar-refractivity contribution in [1.82, 2.24) is 4.98 Å². The summed E-state index contributed by atoms with van der Waals surface area (Å²) < 4.78 is 0. The van der Waals surface area contributed by atoms with Crippen molar-refractivity contribution in [3.05, 3.63) is 11.1 Å². The van der Waals surface area contributed by atoms with Crippen LogP contribution >= 0.6 is 11.3 Å². The van der Waals surface area contributed by atoms with Crippen LogP contribution in [0.25, 0.3) is 0 Å². The summed E-state index contributed by atoms with van der Waals surface area (Å²) in [5.74, 6) is -1.12. The molecule has 7 nitrogen and oxygen atoms in total. The molecule has 0 aromatic carbocycles. The quantitative estimate of drug-likeness (QED) is 0.432. The number of nitrogen functional groups attached to an aromatic ring is 1. The molecule has 1 atom stereocenters. The molecule has 8 heteroatoms. The van der Waals surface area contributed by atoms with Crippen molar-refractivity contribution in [3.8, 4) is 0 Å². The maximum Gasteiger partial charge on any atom is 0.347 e. The molecular weight excluding hydrogens is 258 g/mol. The van der Waals surface area contributed by atoms with E-state index in [-0.39, 0.29) is 11.4 Å². The SMILES string of the molecule is CCCC(O/N=C(\C=O)c1csc(N)n1)C(=O)O. The number of rotatable bonds is 7. The number of carbonyl (C=O) groups is 2. The summed E-state index contributed by atoms with van der Waals surface area (Å²) >= 11 is 1.15. The lowest BCUT2D eigenvalue weighted by molar-refractivity contribution is -0.150. The number of anilines is 1. The minimum atomic E-state index is -1.12. The smallest absolute Gasteiger partial charge is 0.347 e. The van der Waals surface area contributed by atoms with E-state index in [2.05, 4.69) is 10.1 Å². The Morgan fingerprint density at radius 3 is 2.94 bits per heavy atom. The maximum absolute atomic E-state index is 10.8. The van der Waals surface area contributed by atoms with Crippen molar-refractivity contribution in [1.29, 1.82) is 0 Å². The fraction of sp³-hybridized carbons (Fsp3) is 0.400. The van der Waals surface area contributed by atoms with Gasteiger partial charge in [0.1, 0.15) is 5.69 Å². The molecule has 0 saturated heterocycles. The number of aliphatic carboxylic acids is 1.